The standard InChI is InChI=1S/C13H11NOS/c15-13-11(10-6-7-16-8-10)12(14-13)9-4-2-1-3-5-9/h1-8,11-12H,(H,14,15). The third-order valence-electron chi connectivity index (χ3n) is 2.97. The summed E-state index contributed by atoms with van der Waals surface area (Å²) in [6.07, 6.45) is 0. The second kappa shape index (κ2) is 3.76. The van der Waals surface area contributed by atoms with Gasteiger partial charge in [-0.2, -0.15) is 11.3 Å². The van der Waals surface area contributed by atoms with E-state index in [1.807, 2.05) is 29.6 Å². The van der Waals surface area contributed by atoms with Crippen LogP contribution in [0.5, 0.6) is 0 Å². The maximum Gasteiger partial charge on any atom is 0.230 e. The number of benzene rings is 1. The minimum atomic E-state index is -0.00588. The molecule has 3 rings (SSSR count). The van der Waals surface area contributed by atoms with Crippen LogP contribution in [0.2, 0.25) is 0 Å². The van der Waals surface area contributed by atoms with E-state index < -0.39 is 0 Å². The molecule has 2 nitrogen and oxygen atoms in total. The quantitative estimate of drug-likeness (QED) is 0.788. The van der Waals surface area contributed by atoms with Crippen LogP contribution in [0.4, 0.5) is 0 Å². The van der Waals surface area contributed by atoms with E-state index >= 15 is 0 Å². The highest BCUT2D eigenvalue weighted by Gasteiger charge is 2.41. The maximum absolute atomic E-state index is 11.6. The topological polar surface area (TPSA) is 29.1 Å². The second-order valence-corrected chi connectivity index (χ2v) is 4.71. The van der Waals surface area contributed by atoms with Gasteiger partial charge in [-0.15, -0.1) is 0 Å². The molecule has 1 fully saturated rings. The summed E-state index contributed by atoms with van der Waals surface area (Å²) in [6.45, 7) is 0. The van der Waals surface area contributed by atoms with Gasteiger partial charge in [-0.05, 0) is 28.0 Å². The molecule has 1 N–H and O–H groups in total. The molecular formula is C13H11NOS. The average molecular weight is 229 g/mol. The lowest BCUT2D eigenvalue weighted by Gasteiger charge is -2.36. The molecule has 0 aliphatic carbocycles. The van der Waals surface area contributed by atoms with E-state index in [1.165, 1.54) is 5.56 Å². The van der Waals surface area contributed by atoms with E-state index in [2.05, 4.69) is 22.8 Å². The second-order valence-electron chi connectivity index (χ2n) is 3.93. The molecule has 2 aromatic rings. The van der Waals surface area contributed by atoms with Gasteiger partial charge >= 0.3 is 0 Å². The summed E-state index contributed by atoms with van der Waals surface area (Å²) >= 11 is 1.64. The number of amides is 1. The fourth-order valence-electron chi connectivity index (χ4n) is 2.11. The van der Waals surface area contributed by atoms with Crippen molar-refractivity contribution in [2.45, 2.75) is 12.0 Å². The molecule has 1 aliphatic rings. The van der Waals surface area contributed by atoms with Crippen LogP contribution in [-0.4, -0.2) is 5.91 Å². The van der Waals surface area contributed by atoms with E-state index in [1.54, 1.807) is 11.3 Å². The lowest BCUT2D eigenvalue weighted by Crippen LogP contribution is -2.49. The lowest BCUT2D eigenvalue weighted by molar-refractivity contribution is -0.130. The Morgan fingerprint density at radius 1 is 1.06 bits per heavy atom. The number of thiophene rings is 1. The van der Waals surface area contributed by atoms with Crippen molar-refractivity contribution in [3.05, 3.63) is 58.3 Å². The van der Waals surface area contributed by atoms with Gasteiger partial charge in [-0.3, -0.25) is 4.79 Å². The van der Waals surface area contributed by atoms with E-state index in [0.29, 0.717) is 0 Å². The summed E-state index contributed by atoms with van der Waals surface area (Å²) in [5.74, 6) is 0.126. The van der Waals surface area contributed by atoms with Gasteiger partial charge < -0.3 is 5.32 Å². The molecule has 2 heterocycles. The Hall–Kier alpha value is -1.61. The first kappa shape index (κ1) is 9.60. The fraction of sp³-hybridized carbons (Fsp3) is 0.154. The van der Waals surface area contributed by atoms with Gasteiger partial charge in [0.05, 0.1) is 12.0 Å². The van der Waals surface area contributed by atoms with Crippen LogP contribution in [0.15, 0.2) is 47.2 Å². The Kier molecular flexibility index (Phi) is 2.26. The summed E-state index contributed by atoms with van der Waals surface area (Å²) in [6, 6.07) is 12.3. The van der Waals surface area contributed by atoms with Gasteiger partial charge in [0.2, 0.25) is 5.91 Å². The molecule has 1 aromatic heterocycles. The highest BCUT2D eigenvalue weighted by Crippen LogP contribution is 2.38. The van der Waals surface area contributed by atoms with Crippen LogP contribution in [0.1, 0.15) is 23.1 Å². The third kappa shape index (κ3) is 1.44. The summed E-state index contributed by atoms with van der Waals surface area (Å²) in [5.41, 5.74) is 2.31. The highest BCUT2D eigenvalue weighted by molar-refractivity contribution is 7.08. The van der Waals surface area contributed by atoms with Crippen LogP contribution >= 0.6 is 11.3 Å². The monoisotopic (exact) mass is 229 g/mol. The van der Waals surface area contributed by atoms with Crippen molar-refractivity contribution in [2.24, 2.45) is 0 Å². The van der Waals surface area contributed by atoms with E-state index in [4.69, 9.17) is 0 Å². The minimum Gasteiger partial charge on any atom is -0.348 e. The Morgan fingerprint density at radius 3 is 2.50 bits per heavy atom. The first-order valence-corrected chi connectivity index (χ1v) is 6.18. The van der Waals surface area contributed by atoms with Gasteiger partial charge in [-0.25, -0.2) is 0 Å². The Labute approximate surface area is 97.9 Å². The van der Waals surface area contributed by atoms with Crippen molar-refractivity contribution in [1.29, 1.82) is 0 Å². The number of β-lactam (4-membered cyclic amide) rings is 1. The normalized spacial score (nSPS) is 23.6. The zero-order valence-corrected chi connectivity index (χ0v) is 9.41. The van der Waals surface area contributed by atoms with Crippen LogP contribution in [0.3, 0.4) is 0 Å². The molecule has 0 saturated carbocycles. The number of nitrogens with one attached hydrogen (secondary N) is 1. The molecule has 16 heavy (non-hydrogen) atoms. The first-order chi connectivity index (χ1) is 7.86. The predicted molar refractivity (Wildman–Crippen MR) is 64.4 cm³/mol. The molecule has 1 aromatic carbocycles. The van der Waals surface area contributed by atoms with Crippen LogP contribution < -0.4 is 5.32 Å². The SMILES string of the molecule is O=C1NC(c2ccccc2)C1c1ccsc1. The van der Waals surface area contributed by atoms with Gasteiger partial charge in [0, 0.05) is 0 Å². The third-order valence-corrected chi connectivity index (χ3v) is 3.68. The number of carbonyl (C=O) groups is 1. The first-order valence-electron chi connectivity index (χ1n) is 5.23. The van der Waals surface area contributed by atoms with Crippen molar-refractivity contribution in [3.8, 4) is 0 Å². The lowest BCUT2D eigenvalue weighted by atomic mass is 9.81. The minimum absolute atomic E-state index is 0.00588. The number of rotatable bonds is 2. The molecule has 2 atom stereocenters. The largest absolute Gasteiger partial charge is 0.348 e. The molecular weight excluding hydrogens is 218 g/mol. The van der Waals surface area contributed by atoms with Gasteiger partial charge in [-0.1, -0.05) is 30.3 Å². The zero-order valence-electron chi connectivity index (χ0n) is 8.59. The van der Waals surface area contributed by atoms with Crippen molar-refractivity contribution in [1.82, 2.24) is 5.32 Å². The molecule has 2 unspecified atom stereocenters. The Bertz CT molecular complexity index is 492. The number of hydrogen-bond donors (Lipinski definition) is 1. The van der Waals surface area contributed by atoms with Crippen molar-refractivity contribution >= 4 is 17.2 Å². The summed E-state index contributed by atoms with van der Waals surface area (Å²) in [7, 11) is 0. The van der Waals surface area contributed by atoms with Crippen molar-refractivity contribution in [3.63, 3.8) is 0 Å². The Morgan fingerprint density at radius 2 is 1.88 bits per heavy atom. The predicted octanol–water partition coefficient (Wildman–Crippen LogP) is 2.70. The molecule has 1 amide bonds. The molecule has 3 heteroatoms. The summed E-state index contributed by atoms with van der Waals surface area (Å²) in [5, 5.41) is 7.03. The maximum atomic E-state index is 11.6. The molecule has 0 radical (unpaired) electrons. The fourth-order valence-corrected chi connectivity index (χ4v) is 2.81. The van der Waals surface area contributed by atoms with Gasteiger partial charge in [0.25, 0.3) is 0 Å². The van der Waals surface area contributed by atoms with Gasteiger partial charge in [0.15, 0.2) is 0 Å². The Balaban J connectivity index is 1.91. The van der Waals surface area contributed by atoms with Crippen LogP contribution in [0, 0.1) is 0 Å². The summed E-state index contributed by atoms with van der Waals surface area (Å²) in [4.78, 5) is 11.6. The molecule has 0 spiro atoms. The number of carbonyl (C=O) groups excluding carboxylic acids is 1. The van der Waals surface area contributed by atoms with E-state index in [9.17, 15) is 4.79 Å². The van der Waals surface area contributed by atoms with Crippen molar-refractivity contribution in [2.75, 3.05) is 0 Å². The van der Waals surface area contributed by atoms with Crippen molar-refractivity contribution < 1.29 is 4.79 Å². The summed E-state index contributed by atoms with van der Waals surface area (Å²) < 4.78 is 0. The highest BCUT2D eigenvalue weighted by atomic mass is 32.1. The van der Waals surface area contributed by atoms with Crippen LogP contribution in [-0.2, 0) is 4.79 Å². The zero-order chi connectivity index (χ0) is 11.0. The molecule has 1 aliphatic heterocycles. The van der Waals surface area contributed by atoms with Gasteiger partial charge in [0.1, 0.15) is 0 Å². The van der Waals surface area contributed by atoms with Crippen LogP contribution in [0.25, 0.3) is 0 Å². The number of hydrogen-bond acceptors (Lipinski definition) is 2. The molecule has 1 saturated heterocycles. The van der Waals surface area contributed by atoms with E-state index in [-0.39, 0.29) is 17.9 Å². The van der Waals surface area contributed by atoms with E-state index in [0.717, 1.165) is 5.56 Å². The molecule has 0 bridgehead atoms. The smallest absolute Gasteiger partial charge is 0.230 e. The molecule has 80 valence electrons. The average Bonchev–Trinajstić information content (AvgIpc) is 2.80.